The van der Waals surface area contributed by atoms with Crippen LogP contribution in [0.3, 0.4) is 0 Å². The van der Waals surface area contributed by atoms with Gasteiger partial charge in [0.25, 0.3) is 0 Å². The molecule has 0 nitrogen and oxygen atoms in total. The molecular formula is C49H31ClS. The number of benzene rings is 8. The van der Waals surface area contributed by atoms with Gasteiger partial charge in [0.2, 0.25) is 0 Å². The summed E-state index contributed by atoms with van der Waals surface area (Å²) >= 11 is 8.81. The molecule has 1 aliphatic rings. The van der Waals surface area contributed by atoms with Crippen LogP contribution < -0.4 is 0 Å². The van der Waals surface area contributed by atoms with Crippen LogP contribution in [-0.4, -0.2) is 0 Å². The molecule has 0 unspecified atom stereocenters. The third-order valence-corrected chi connectivity index (χ3v) is 12.3. The monoisotopic (exact) mass is 686 g/mol. The van der Waals surface area contributed by atoms with E-state index in [1.807, 2.05) is 0 Å². The van der Waals surface area contributed by atoms with Crippen molar-refractivity contribution in [3.8, 4) is 44.5 Å². The van der Waals surface area contributed by atoms with Gasteiger partial charge in [0.15, 0.2) is 0 Å². The zero-order chi connectivity index (χ0) is 33.9. The predicted molar refractivity (Wildman–Crippen MR) is 218 cm³/mol. The average Bonchev–Trinajstić information content (AvgIpc) is 3.74. The van der Waals surface area contributed by atoms with Crippen molar-refractivity contribution < 1.29 is 0 Å². The maximum atomic E-state index is 7.04. The predicted octanol–water partition coefficient (Wildman–Crippen LogP) is 14.1. The van der Waals surface area contributed by atoms with Crippen LogP contribution in [0.1, 0.15) is 22.3 Å². The first-order valence-corrected chi connectivity index (χ1v) is 18.6. The first-order valence-electron chi connectivity index (χ1n) is 17.4. The minimum atomic E-state index is -0.395. The minimum Gasteiger partial charge on any atom is -0.134 e. The molecule has 0 fully saturated rings. The van der Waals surface area contributed by atoms with E-state index in [0.29, 0.717) is 0 Å². The molecule has 0 atom stereocenters. The molecule has 2 heteroatoms. The van der Waals surface area contributed by atoms with E-state index in [2.05, 4.69) is 188 Å². The molecule has 0 saturated carbocycles. The highest BCUT2D eigenvalue weighted by molar-refractivity contribution is 7.26. The van der Waals surface area contributed by atoms with Crippen LogP contribution in [0.4, 0.5) is 0 Å². The summed E-state index contributed by atoms with van der Waals surface area (Å²) in [6, 6.07) is 68.6. The van der Waals surface area contributed by atoms with Crippen LogP contribution in [0.25, 0.3) is 64.7 Å². The van der Waals surface area contributed by atoms with Crippen molar-refractivity contribution in [2.24, 2.45) is 0 Å². The van der Waals surface area contributed by atoms with E-state index < -0.39 is 5.41 Å². The SMILES string of the molecule is Clc1cc(-c2ccccc2)c(-c2ccc(-c3ccc4c(c3)-c3ccccc3C4(c3ccccc3)c3ccccc3)cc2)c2c1sc1ccccc12. The van der Waals surface area contributed by atoms with E-state index in [-0.39, 0.29) is 0 Å². The Morgan fingerprint density at radius 3 is 1.71 bits per heavy atom. The largest absolute Gasteiger partial charge is 0.134 e. The standard InChI is InChI=1S/C49H31ClS/c50-44-31-40(33-14-4-1-5-15-33)46(47-39-21-11-13-23-45(39)51-48(44)47)34-26-24-32(25-27-34)35-28-29-43-41(30-35)38-20-10-12-22-42(38)49(43,36-16-6-2-7-17-36)37-18-8-3-9-19-37/h1-31H. The third kappa shape index (κ3) is 4.59. The summed E-state index contributed by atoms with van der Waals surface area (Å²) in [6.45, 7) is 0. The first kappa shape index (κ1) is 30.1. The van der Waals surface area contributed by atoms with E-state index in [9.17, 15) is 0 Å². The molecule has 0 bridgehead atoms. The van der Waals surface area contributed by atoms with Gasteiger partial charge in [0.05, 0.1) is 15.1 Å². The summed E-state index contributed by atoms with van der Waals surface area (Å²) in [7, 11) is 0. The number of thiophene rings is 1. The lowest BCUT2D eigenvalue weighted by atomic mass is 9.67. The van der Waals surface area contributed by atoms with Gasteiger partial charge in [-0.2, -0.15) is 0 Å². The average molecular weight is 687 g/mol. The van der Waals surface area contributed by atoms with Crippen LogP contribution in [0.2, 0.25) is 5.02 Å². The Bertz CT molecular complexity index is 2690. The van der Waals surface area contributed by atoms with Gasteiger partial charge in [-0.05, 0) is 85.0 Å². The number of halogens is 1. The van der Waals surface area contributed by atoms with Crippen LogP contribution in [0.5, 0.6) is 0 Å². The molecule has 1 aromatic heterocycles. The zero-order valence-electron chi connectivity index (χ0n) is 27.7. The molecule has 1 heterocycles. The van der Waals surface area contributed by atoms with Gasteiger partial charge < -0.3 is 0 Å². The molecule has 0 N–H and O–H groups in total. The fourth-order valence-electron chi connectivity index (χ4n) is 8.46. The van der Waals surface area contributed by atoms with Crippen molar-refractivity contribution in [3.63, 3.8) is 0 Å². The van der Waals surface area contributed by atoms with Gasteiger partial charge in [0, 0.05) is 15.5 Å². The van der Waals surface area contributed by atoms with Crippen LogP contribution in [0, 0.1) is 0 Å². The van der Waals surface area contributed by atoms with Gasteiger partial charge in [-0.15, -0.1) is 11.3 Å². The molecule has 51 heavy (non-hydrogen) atoms. The Hall–Kier alpha value is -5.73. The summed E-state index contributed by atoms with van der Waals surface area (Å²) in [6.07, 6.45) is 0. The summed E-state index contributed by atoms with van der Waals surface area (Å²) in [5, 5.41) is 3.27. The molecule has 0 aliphatic heterocycles. The number of rotatable bonds is 5. The van der Waals surface area contributed by atoms with Gasteiger partial charge >= 0.3 is 0 Å². The topological polar surface area (TPSA) is 0 Å². The van der Waals surface area contributed by atoms with E-state index >= 15 is 0 Å². The Kier molecular flexibility index (Phi) is 7.06. The molecule has 0 amide bonds. The second-order valence-electron chi connectivity index (χ2n) is 13.3. The number of fused-ring (bicyclic) bond motifs is 6. The maximum absolute atomic E-state index is 7.04. The molecule has 9 aromatic rings. The molecule has 0 radical (unpaired) electrons. The quantitative estimate of drug-likeness (QED) is 0.169. The van der Waals surface area contributed by atoms with Crippen molar-refractivity contribution >= 4 is 43.1 Å². The highest BCUT2D eigenvalue weighted by Gasteiger charge is 2.45. The van der Waals surface area contributed by atoms with E-state index in [0.717, 1.165) is 20.8 Å². The third-order valence-electron chi connectivity index (χ3n) is 10.7. The second kappa shape index (κ2) is 12.0. The van der Waals surface area contributed by atoms with Crippen molar-refractivity contribution in [2.45, 2.75) is 5.41 Å². The first-order chi connectivity index (χ1) is 25.2. The second-order valence-corrected chi connectivity index (χ2v) is 14.8. The zero-order valence-corrected chi connectivity index (χ0v) is 29.3. The Labute approximate surface area is 306 Å². The van der Waals surface area contributed by atoms with E-state index in [1.165, 1.54) is 71.1 Å². The fraction of sp³-hybridized carbons (Fsp3) is 0.0204. The summed E-state index contributed by atoms with van der Waals surface area (Å²) in [4.78, 5) is 0. The van der Waals surface area contributed by atoms with E-state index in [4.69, 9.17) is 11.6 Å². The maximum Gasteiger partial charge on any atom is 0.0713 e. The van der Waals surface area contributed by atoms with Crippen LogP contribution in [-0.2, 0) is 5.41 Å². The normalized spacial score (nSPS) is 13.0. The minimum absolute atomic E-state index is 0.395. The number of hydrogen-bond acceptors (Lipinski definition) is 1. The van der Waals surface area contributed by atoms with Crippen LogP contribution in [0.15, 0.2) is 188 Å². The van der Waals surface area contributed by atoms with Crippen molar-refractivity contribution in [2.75, 3.05) is 0 Å². The molecule has 0 spiro atoms. The van der Waals surface area contributed by atoms with Gasteiger partial charge in [-0.1, -0.05) is 181 Å². The highest BCUT2D eigenvalue weighted by atomic mass is 35.5. The van der Waals surface area contributed by atoms with Crippen molar-refractivity contribution in [1.29, 1.82) is 0 Å². The molecule has 8 aromatic carbocycles. The van der Waals surface area contributed by atoms with Crippen LogP contribution >= 0.6 is 22.9 Å². The molecule has 1 aliphatic carbocycles. The van der Waals surface area contributed by atoms with Crippen molar-refractivity contribution in [1.82, 2.24) is 0 Å². The summed E-state index contributed by atoms with van der Waals surface area (Å²) < 4.78 is 2.38. The lowest BCUT2D eigenvalue weighted by molar-refractivity contribution is 0.768. The molecule has 240 valence electrons. The fourth-order valence-corrected chi connectivity index (χ4v) is 9.90. The van der Waals surface area contributed by atoms with Gasteiger partial charge in [-0.25, -0.2) is 0 Å². The Balaban J connectivity index is 1.15. The molecular weight excluding hydrogens is 656 g/mol. The van der Waals surface area contributed by atoms with Gasteiger partial charge in [-0.3, -0.25) is 0 Å². The van der Waals surface area contributed by atoms with Crippen molar-refractivity contribution in [3.05, 3.63) is 215 Å². The Morgan fingerprint density at radius 2 is 0.980 bits per heavy atom. The lowest BCUT2D eigenvalue weighted by Gasteiger charge is -2.33. The lowest BCUT2D eigenvalue weighted by Crippen LogP contribution is -2.28. The van der Waals surface area contributed by atoms with Gasteiger partial charge in [0.1, 0.15) is 0 Å². The smallest absolute Gasteiger partial charge is 0.0713 e. The molecule has 0 saturated heterocycles. The summed E-state index contributed by atoms with van der Waals surface area (Å²) in [5.41, 5.74) is 14.5. The highest BCUT2D eigenvalue weighted by Crippen LogP contribution is 2.56. The Morgan fingerprint density at radius 1 is 0.412 bits per heavy atom. The summed E-state index contributed by atoms with van der Waals surface area (Å²) in [5.74, 6) is 0. The molecule has 10 rings (SSSR count). The number of hydrogen-bond donors (Lipinski definition) is 0. The van der Waals surface area contributed by atoms with E-state index in [1.54, 1.807) is 11.3 Å².